The van der Waals surface area contributed by atoms with Crippen molar-refractivity contribution >= 4 is 21.9 Å². The monoisotopic (exact) mass is 194 g/mol. The second kappa shape index (κ2) is 2.79. The van der Waals surface area contributed by atoms with Gasteiger partial charge in [-0.25, -0.2) is 9.97 Å². The summed E-state index contributed by atoms with van der Waals surface area (Å²) in [5.41, 5.74) is 2.15. The van der Waals surface area contributed by atoms with Gasteiger partial charge in [-0.3, -0.25) is 0 Å². The summed E-state index contributed by atoms with van der Waals surface area (Å²) in [6.07, 6.45) is 3.39. The van der Waals surface area contributed by atoms with Gasteiger partial charge < -0.3 is 4.98 Å². The molecule has 0 saturated heterocycles. The Morgan fingerprint density at radius 1 is 1.27 bits per heavy atom. The van der Waals surface area contributed by atoms with Crippen LogP contribution in [0, 0.1) is 11.3 Å². The van der Waals surface area contributed by atoms with Gasteiger partial charge >= 0.3 is 0 Å². The highest BCUT2D eigenvalue weighted by atomic mass is 14.9. The molecule has 1 N–H and O–H groups in total. The molecule has 0 saturated carbocycles. The van der Waals surface area contributed by atoms with Crippen molar-refractivity contribution in [3.05, 3.63) is 36.3 Å². The van der Waals surface area contributed by atoms with Crippen molar-refractivity contribution in [2.75, 3.05) is 0 Å². The van der Waals surface area contributed by atoms with Gasteiger partial charge in [0.2, 0.25) is 0 Å². The van der Waals surface area contributed by atoms with Crippen LogP contribution in [-0.4, -0.2) is 15.0 Å². The first kappa shape index (κ1) is 7.94. The molecule has 0 fully saturated rings. The molecule has 0 bridgehead atoms. The van der Waals surface area contributed by atoms with Crippen molar-refractivity contribution in [3.63, 3.8) is 0 Å². The molecule has 4 nitrogen and oxygen atoms in total. The second-order valence-corrected chi connectivity index (χ2v) is 3.25. The van der Waals surface area contributed by atoms with E-state index < -0.39 is 0 Å². The van der Waals surface area contributed by atoms with Crippen molar-refractivity contribution in [1.29, 1.82) is 5.26 Å². The van der Waals surface area contributed by atoms with Crippen LogP contribution in [0.1, 0.15) is 5.69 Å². The lowest BCUT2D eigenvalue weighted by atomic mass is 10.2. The van der Waals surface area contributed by atoms with E-state index in [1.54, 1.807) is 18.5 Å². The van der Waals surface area contributed by atoms with Crippen LogP contribution in [-0.2, 0) is 0 Å². The van der Waals surface area contributed by atoms with E-state index in [0.29, 0.717) is 5.69 Å². The lowest BCUT2D eigenvalue weighted by Gasteiger charge is -1.90. The van der Waals surface area contributed by atoms with Gasteiger partial charge in [-0.05, 0) is 18.2 Å². The van der Waals surface area contributed by atoms with Crippen LogP contribution in [0.2, 0.25) is 0 Å². The van der Waals surface area contributed by atoms with Crippen LogP contribution in [0.5, 0.6) is 0 Å². The van der Waals surface area contributed by atoms with Crippen molar-refractivity contribution in [3.8, 4) is 6.07 Å². The van der Waals surface area contributed by atoms with E-state index in [9.17, 15) is 0 Å². The van der Waals surface area contributed by atoms with Crippen molar-refractivity contribution in [1.82, 2.24) is 15.0 Å². The molecular weight excluding hydrogens is 188 g/mol. The molecule has 0 spiro atoms. The number of H-pyrrole nitrogens is 1. The normalized spacial score (nSPS) is 10.6. The summed E-state index contributed by atoms with van der Waals surface area (Å²) < 4.78 is 0. The lowest BCUT2D eigenvalue weighted by molar-refractivity contribution is 1.27. The van der Waals surface area contributed by atoms with Crippen LogP contribution >= 0.6 is 0 Å². The fraction of sp³-hybridized carbons (Fsp3) is 0. The van der Waals surface area contributed by atoms with Crippen LogP contribution in [0.25, 0.3) is 21.9 Å². The van der Waals surface area contributed by atoms with Crippen LogP contribution < -0.4 is 0 Å². The minimum absolute atomic E-state index is 0.423. The Kier molecular flexibility index (Phi) is 1.48. The predicted octanol–water partition coefficient (Wildman–Crippen LogP) is 1.98. The quantitative estimate of drug-likeness (QED) is 0.595. The molecule has 0 atom stereocenters. The minimum Gasteiger partial charge on any atom is -0.338 e. The van der Waals surface area contributed by atoms with E-state index in [1.165, 1.54) is 0 Å². The number of rotatable bonds is 0. The molecule has 0 aliphatic heterocycles. The van der Waals surface area contributed by atoms with Gasteiger partial charge in [0.25, 0.3) is 0 Å². The van der Waals surface area contributed by atoms with Crippen molar-refractivity contribution in [2.45, 2.75) is 0 Å². The van der Waals surface area contributed by atoms with E-state index in [4.69, 9.17) is 5.26 Å². The number of hydrogen-bond acceptors (Lipinski definition) is 3. The Labute approximate surface area is 85.2 Å². The zero-order valence-electron chi connectivity index (χ0n) is 7.73. The first-order chi connectivity index (χ1) is 7.38. The molecule has 0 aliphatic rings. The highest BCUT2D eigenvalue weighted by molar-refractivity contribution is 6.05. The smallest absolute Gasteiger partial charge is 0.141 e. The molecule has 0 amide bonds. The first-order valence-electron chi connectivity index (χ1n) is 4.51. The molecule has 0 unspecified atom stereocenters. The van der Waals surface area contributed by atoms with Gasteiger partial charge in [0.15, 0.2) is 0 Å². The molecule has 3 heterocycles. The molecular formula is C11H6N4. The predicted molar refractivity (Wildman–Crippen MR) is 56.1 cm³/mol. The third-order valence-electron chi connectivity index (χ3n) is 2.37. The van der Waals surface area contributed by atoms with Gasteiger partial charge in [0.05, 0.1) is 11.7 Å². The number of fused-ring (bicyclic) bond motifs is 3. The maximum atomic E-state index is 8.77. The molecule has 3 aromatic heterocycles. The molecule has 3 rings (SSSR count). The first-order valence-corrected chi connectivity index (χ1v) is 4.51. The van der Waals surface area contributed by atoms with Crippen LogP contribution in [0.3, 0.4) is 0 Å². The summed E-state index contributed by atoms with van der Waals surface area (Å²) in [5, 5.41) is 10.8. The number of nitrogens with zero attached hydrogens (tertiary/aromatic N) is 3. The van der Waals surface area contributed by atoms with Gasteiger partial charge in [-0.15, -0.1) is 0 Å². The summed E-state index contributed by atoms with van der Waals surface area (Å²) in [5.74, 6) is 0. The highest BCUT2D eigenvalue weighted by Gasteiger charge is 2.05. The largest absolute Gasteiger partial charge is 0.338 e. The molecule has 15 heavy (non-hydrogen) atoms. The number of pyridine rings is 2. The fourth-order valence-electron chi connectivity index (χ4n) is 1.69. The topological polar surface area (TPSA) is 65.4 Å². The third kappa shape index (κ3) is 1.07. The molecule has 70 valence electrons. The van der Waals surface area contributed by atoms with Crippen LogP contribution in [0.15, 0.2) is 30.6 Å². The number of hydrogen-bond donors (Lipinski definition) is 1. The Morgan fingerprint density at radius 2 is 2.20 bits per heavy atom. The van der Waals surface area contributed by atoms with Gasteiger partial charge in [0.1, 0.15) is 17.4 Å². The SMILES string of the molecule is N#Cc1cc2c(cn1)[nH]c1ncccc12. The molecule has 3 aromatic rings. The second-order valence-electron chi connectivity index (χ2n) is 3.25. The van der Waals surface area contributed by atoms with Gasteiger partial charge in [-0.2, -0.15) is 5.26 Å². The third-order valence-corrected chi connectivity index (χ3v) is 2.37. The fourth-order valence-corrected chi connectivity index (χ4v) is 1.69. The molecule has 0 aromatic carbocycles. The Hall–Kier alpha value is -2.41. The molecule has 0 radical (unpaired) electrons. The summed E-state index contributed by atoms with van der Waals surface area (Å²) in [4.78, 5) is 11.4. The van der Waals surface area contributed by atoms with Crippen molar-refractivity contribution < 1.29 is 0 Å². The van der Waals surface area contributed by atoms with E-state index in [2.05, 4.69) is 15.0 Å². The van der Waals surface area contributed by atoms with Gasteiger partial charge in [-0.1, -0.05) is 0 Å². The van der Waals surface area contributed by atoms with Gasteiger partial charge in [0, 0.05) is 17.0 Å². The maximum absolute atomic E-state index is 8.77. The maximum Gasteiger partial charge on any atom is 0.141 e. The average molecular weight is 194 g/mol. The lowest BCUT2D eigenvalue weighted by Crippen LogP contribution is -1.79. The summed E-state index contributed by atoms with van der Waals surface area (Å²) in [7, 11) is 0. The Morgan fingerprint density at radius 3 is 3.07 bits per heavy atom. The molecule has 0 aliphatic carbocycles. The number of nitrogens with one attached hydrogen (secondary N) is 1. The Balaban J connectivity index is 2.53. The van der Waals surface area contributed by atoms with Crippen LogP contribution in [0.4, 0.5) is 0 Å². The minimum atomic E-state index is 0.423. The number of aromatic nitrogens is 3. The summed E-state index contributed by atoms with van der Waals surface area (Å²) >= 11 is 0. The van der Waals surface area contributed by atoms with E-state index in [0.717, 1.165) is 21.9 Å². The number of nitriles is 1. The zero-order valence-corrected chi connectivity index (χ0v) is 7.73. The highest BCUT2D eigenvalue weighted by Crippen LogP contribution is 2.23. The van der Waals surface area contributed by atoms with Crippen molar-refractivity contribution in [2.24, 2.45) is 0 Å². The average Bonchev–Trinajstić information content (AvgIpc) is 2.66. The summed E-state index contributed by atoms with van der Waals surface area (Å²) in [6.45, 7) is 0. The Bertz CT molecular complexity index is 690. The standard InChI is InChI=1S/C11H6N4/c12-5-7-4-9-8-2-1-3-13-11(8)15-10(9)6-14-7/h1-4,6H,(H,13,15). The van der Waals surface area contributed by atoms with E-state index in [1.807, 2.05) is 18.2 Å². The summed E-state index contributed by atoms with van der Waals surface area (Å²) in [6, 6.07) is 7.65. The van der Waals surface area contributed by atoms with E-state index in [-0.39, 0.29) is 0 Å². The van der Waals surface area contributed by atoms with E-state index >= 15 is 0 Å². The zero-order chi connectivity index (χ0) is 10.3. The molecule has 4 heteroatoms. The number of aromatic amines is 1.